The van der Waals surface area contributed by atoms with Gasteiger partial charge in [0.25, 0.3) is 0 Å². The Morgan fingerprint density at radius 3 is 1.92 bits per heavy atom. The molecule has 0 spiro atoms. The molecule has 0 aromatic heterocycles. The molecule has 0 amide bonds. The molecule has 5 N–H and O–H groups in total. The van der Waals surface area contributed by atoms with E-state index in [1.165, 1.54) is 0 Å². The van der Waals surface area contributed by atoms with Crippen LogP contribution < -0.4 is 20.9 Å². The number of nitrogens with two attached hydrogens (primary N) is 2. The van der Waals surface area contributed by atoms with E-state index in [9.17, 15) is 14.7 Å². The number of hydrogen-bond donors (Lipinski definition) is 3. The Hall–Kier alpha value is -4.78. The van der Waals surface area contributed by atoms with Gasteiger partial charge in [0.15, 0.2) is 5.75 Å². The number of rotatable bonds is 7. The van der Waals surface area contributed by atoms with Crippen LogP contribution in [-0.2, 0) is 5.41 Å². The van der Waals surface area contributed by atoms with Crippen LogP contribution in [0.5, 0.6) is 23.0 Å². The quantitative estimate of drug-likeness (QED) is 0.101. The third-order valence-corrected chi connectivity index (χ3v) is 6.03. The molecular weight excluding hydrogens is 456 g/mol. The predicted molar refractivity (Wildman–Crippen MR) is 139 cm³/mol. The SMILES string of the molecule is CC(C)(c1ccc(O)c(N)c1)c1ccc(OC(=O)c2ccc(Oc3ccc(C=O)cc3)cc2)c(N)c1. The van der Waals surface area contributed by atoms with Crippen molar-refractivity contribution >= 4 is 23.6 Å². The Balaban J connectivity index is 1.45. The van der Waals surface area contributed by atoms with Gasteiger partial charge in [-0.05, 0) is 83.9 Å². The number of phenolic OH excluding ortho intramolecular Hbond substituents is 1. The van der Waals surface area contributed by atoms with Crippen LogP contribution in [0.1, 0.15) is 45.7 Å². The van der Waals surface area contributed by atoms with Crippen LogP contribution in [0, 0.1) is 0 Å². The number of hydrogen-bond acceptors (Lipinski definition) is 7. The molecule has 0 fully saturated rings. The summed E-state index contributed by atoms with van der Waals surface area (Å²) in [5.41, 5.74) is 14.9. The smallest absolute Gasteiger partial charge is 0.343 e. The fraction of sp³-hybridized carbons (Fsp3) is 0.103. The monoisotopic (exact) mass is 482 g/mol. The average Bonchev–Trinajstić information content (AvgIpc) is 2.87. The van der Waals surface area contributed by atoms with Gasteiger partial charge in [0.05, 0.1) is 16.9 Å². The summed E-state index contributed by atoms with van der Waals surface area (Å²) in [5, 5.41) is 9.73. The van der Waals surface area contributed by atoms with Gasteiger partial charge < -0.3 is 26.0 Å². The zero-order chi connectivity index (χ0) is 25.9. The first-order valence-electron chi connectivity index (χ1n) is 11.2. The zero-order valence-corrected chi connectivity index (χ0v) is 19.9. The minimum atomic E-state index is -0.554. The lowest BCUT2D eigenvalue weighted by Gasteiger charge is -2.27. The highest BCUT2D eigenvalue weighted by molar-refractivity contribution is 5.92. The molecule has 0 aliphatic carbocycles. The molecule has 4 aromatic rings. The third-order valence-electron chi connectivity index (χ3n) is 6.03. The van der Waals surface area contributed by atoms with E-state index < -0.39 is 11.4 Å². The van der Waals surface area contributed by atoms with E-state index in [1.54, 1.807) is 72.8 Å². The second-order valence-electron chi connectivity index (χ2n) is 8.85. The largest absolute Gasteiger partial charge is 0.506 e. The van der Waals surface area contributed by atoms with Crippen molar-refractivity contribution < 1.29 is 24.2 Å². The fourth-order valence-electron chi connectivity index (χ4n) is 3.71. The van der Waals surface area contributed by atoms with Gasteiger partial charge in [0.2, 0.25) is 0 Å². The number of aromatic hydroxyl groups is 1. The molecule has 0 heterocycles. The molecule has 4 rings (SSSR count). The van der Waals surface area contributed by atoms with Crippen LogP contribution >= 0.6 is 0 Å². The second kappa shape index (κ2) is 9.84. The van der Waals surface area contributed by atoms with E-state index in [0.29, 0.717) is 34.0 Å². The van der Waals surface area contributed by atoms with Gasteiger partial charge in [-0.15, -0.1) is 0 Å². The Bertz CT molecular complexity index is 1410. The number of carbonyl (C=O) groups excluding carboxylic acids is 2. The average molecular weight is 483 g/mol. The van der Waals surface area contributed by atoms with Crippen LogP contribution in [0.4, 0.5) is 11.4 Å². The zero-order valence-electron chi connectivity index (χ0n) is 19.9. The molecule has 182 valence electrons. The van der Waals surface area contributed by atoms with Crippen molar-refractivity contribution in [2.75, 3.05) is 11.5 Å². The normalized spacial score (nSPS) is 11.1. The standard InChI is InChI=1S/C29H26N2O5/c1-29(2,20-7-13-26(33)24(30)15-20)21-8-14-27(25(31)16-21)36-28(34)19-5-11-23(12-6-19)35-22-9-3-18(17-32)4-10-22/h3-17,33H,30-31H2,1-2H3. The van der Waals surface area contributed by atoms with E-state index in [-0.39, 0.29) is 11.5 Å². The number of ether oxygens (including phenoxy) is 2. The van der Waals surface area contributed by atoms with Gasteiger partial charge >= 0.3 is 5.97 Å². The predicted octanol–water partition coefficient (Wildman–Crippen LogP) is 5.71. The fourth-order valence-corrected chi connectivity index (χ4v) is 3.71. The van der Waals surface area contributed by atoms with Crippen LogP contribution in [0.2, 0.25) is 0 Å². The van der Waals surface area contributed by atoms with Crippen LogP contribution in [-0.4, -0.2) is 17.4 Å². The Labute approximate surface area is 208 Å². The summed E-state index contributed by atoms with van der Waals surface area (Å²) in [7, 11) is 0. The first-order valence-corrected chi connectivity index (χ1v) is 11.2. The maximum absolute atomic E-state index is 12.7. The third kappa shape index (κ3) is 5.15. The molecule has 0 bridgehead atoms. The summed E-state index contributed by atoms with van der Waals surface area (Å²) in [6.45, 7) is 4.03. The number of anilines is 2. The molecular formula is C29H26N2O5. The minimum Gasteiger partial charge on any atom is -0.506 e. The Kier molecular flexibility index (Phi) is 6.65. The Morgan fingerprint density at radius 2 is 1.36 bits per heavy atom. The molecule has 0 saturated heterocycles. The first-order chi connectivity index (χ1) is 17.2. The maximum atomic E-state index is 12.7. The molecule has 7 heteroatoms. The molecule has 0 radical (unpaired) electrons. The van der Waals surface area contributed by atoms with Crippen molar-refractivity contribution in [3.05, 3.63) is 107 Å². The number of carbonyl (C=O) groups is 2. The summed E-state index contributed by atoms with van der Waals surface area (Å²) in [6, 6.07) is 23.6. The van der Waals surface area contributed by atoms with E-state index in [1.807, 2.05) is 26.0 Å². The van der Waals surface area contributed by atoms with Crippen molar-refractivity contribution in [3.8, 4) is 23.0 Å². The minimum absolute atomic E-state index is 0.0316. The molecule has 0 atom stereocenters. The molecule has 0 aliphatic rings. The van der Waals surface area contributed by atoms with Crippen molar-refractivity contribution in [2.24, 2.45) is 0 Å². The molecule has 0 saturated carbocycles. The second-order valence-corrected chi connectivity index (χ2v) is 8.85. The van der Waals surface area contributed by atoms with Crippen molar-refractivity contribution in [2.45, 2.75) is 19.3 Å². The Morgan fingerprint density at radius 1 is 0.806 bits per heavy atom. The van der Waals surface area contributed by atoms with Gasteiger partial charge in [-0.25, -0.2) is 4.79 Å². The number of aldehydes is 1. The van der Waals surface area contributed by atoms with Crippen molar-refractivity contribution in [3.63, 3.8) is 0 Å². The first kappa shape index (κ1) is 24.3. The lowest BCUT2D eigenvalue weighted by molar-refractivity contribution is 0.0735. The molecule has 0 aliphatic heterocycles. The van der Waals surface area contributed by atoms with E-state index in [0.717, 1.165) is 17.4 Å². The van der Waals surface area contributed by atoms with E-state index in [4.69, 9.17) is 20.9 Å². The van der Waals surface area contributed by atoms with Crippen LogP contribution in [0.25, 0.3) is 0 Å². The number of nitrogen functional groups attached to an aromatic ring is 2. The van der Waals surface area contributed by atoms with Gasteiger partial charge in [-0.1, -0.05) is 26.0 Å². The molecule has 4 aromatic carbocycles. The number of esters is 1. The van der Waals surface area contributed by atoms with Gasteiger partial charge in [-0.2, -0.15) is 0 Å². The highest BCUT2D eigenvalue weighted by Gasteiger charge is 2.25. The lowest BCUT2D eigenvalue weighted by Crippen LogP contribution is -2.19. The molecule has 7 nitrogen and oxygen atoms in total. The number of benzene rings is 4. The van der Waals surface area contributed by atoms with Crippen LogP contribution in [0.15, 0.2) is 84.9 Å². The highest BCUT2D eigenvalue weighted by atomic mass is 16.5. The summed E-state index contributed by atoms with van der Waals surface area (Å²) in [5.74, 6) is 0.833. The summed E-state index contributed by atoms with van der Waals surface area (Å²) in [6.07, 6.45) is 0.761. The van der Waals surface area contributed by atoms with Gasteiger partial charge in [0.1, 0.15) is 23.5 Å². The van der Waals surface area contributed by atoms with Crippen molar-refractivity contribution in [1.82, 2.24) is 0 Å². The topological polar surface area (TPSA) is 125 Å². The lowest BCUT2D eigenvalue weighted by atomic mass is 9.78. The maximum Gasteiger partial charge on any atom is 0.343 e. The van der Waals surface area contributed by atoms with Crippen LogP contribution in [0.3, 0.4) is 0 Å². The van der Waals surface area contributed by atoms with Crippen molar-refractivity contribution in [1.29, 1.82) is 0 Å². The van der Waals surface area contributed by atoms with Gasteiger partial charge in [-0.3, -0.25) is 4.79 Å². The summed E-state index contributed by atoms with van der Waals surface area (Å²) in [4.78, 5) is 23.5. The molecule has 0 unspecified atom stereocenters. The summed E-state index contributed by atoms with van der Waals surface area (Å²) < 4.78 is 11.3. The van der Waals surface area contributed by atoms with E-state index in [2.05, 4.69) is 0 Å². The highest BCUT2D eigenvalue weighted by Crippen LogP contribution is 2.37. The van der Waals surface area contributed by atoms with E-state index >= 15 is 0 Å². The van der Waals surface area contributed by atoms with Gasteiger partial charge in [0, 0.05) is 11.0 Å². The summed E-state index contributed by atoms with van der Waals surface area (Å²) >= 11 is 0. The molecule has 36 heavy (non-hydrogen) atoms. The number of phenols is 1.